The molecule has 0 bridgehead atoms. The summed E-state index contributed by atoms with van der Waals surface area (Å²) < 4.78 is 18.5. The summed E-state index contributed by atoms with van der Waals surface area (Å²) in [6.45, 7) is 7.40. The fourth-order valence-electron chi connectivity index (χ4n) is 3.37. The number of nitrogens with zero attached hydrogens (tertiary/aromatic N) is 5. The molecule has 2 atom stereocenters. The molecule has 36 heavy (non-hydrogen) atoms. The van der Waals surface area contributed by atoms with Gasteiger partial charge in [0.25, 0.3) is 8.00 Å². The lowest BCUT2D eigenvalue weighted by Gasteiger charge is -2.24. The third-order valence-corrected chi connectivity index (χ3v) is 8.01. The molecule has 196 valence electrons. The number of hydrogen-bond donors (Lipinski definition) is 4. The highest BCUT2D eigenvalue weighted by atomic mass is 35.5. The third-order valence-electron chi connectivity index (χ3n) is 5.40. The van der Waals surface area contributed by atoms with E-state index < -0.39 is 26.9 Å². The van der Waals surface area contributed by atoms with Gasteiger partial charge in [0.05, 0.1) is 19.0 Å². The van der Waals surface area contributed by atoms with Crippen molar-refractivity contribution < 1.29 is 28.9 Å². The molecule has 3 rings (SSSR count). The van der Waals surface area contributed by atoms with Crippen molar-refractivity contribution in [3.63, 3.8) is 0 Å². The number of ether oxygens (including phenoxy) is 1. The predicted molar refractivity (Wildman–Crippen MR) is 140 cm³/mol. The molecule has 15 heteroatoms. The van der Waals surface area contributed by atoms with Gasteiger partial charge in [-0.25, -0.2) is 9.55 Å². The molecule has 2 unspecified atom stereocenters. The van der Waals surface area contributed by atoms with Gasteiger partial charge in [-0.1, -0.05) is 31.5 Å². The van der Waals surface area contributed by atoms with Crippen LogP contribution in [0, 0.1) is 5.92 Å². The number of fused-ring (bicyclic) bond motifs is 1. The van der Waals surface area contributed by atoms with Crippen molar-refractivity contribution in [2.24, 2.45) is 5.92 Å². The highest BCUT2D eigenvalue weighted by Gasteiger charge is 2.34. The lowest BCUT2D eigenvalue weighted by molar-refractivity contribution is -0.168. The van der Waals surface area contributed by atoms with Crippen molar-refractivity contribution in [2.75, 3.05) is 23.9 Å². The molecule has 0 spiro atoms. The first-order valence-corrected chi connectivity index (χ1v) is 14.2. The van der Waals surface area contributed by atoms with Gasteiger partial charge in [-0.15, -0.1) is 0 Å². The Labute approximate surface area is 214 Å². The summed E-state index contributed by atoms with van der Waals surface area (Å²) in [4.78, 5) is 55.0. The number of aromatic nitrogens is 4. The van der Waals surface area contributed by atoms with Crippen molar-refractivity contribution in [2.45, 2.75) is 39.8 Å². The standard InChI is InChI=1S/C21H29ClN6O6P2/c1-12(2)16(10-34-21(35(29)30)36(31,32)33)24-20-25-18(27(5)15-8-6-7-14(22)9-15)17-19(26-20)28(11-23-17)13(3)4/h6-9,11-13,16H,10H2,1-5H3,(H,29,30)(H,24,25,26)(H2,31,32,33). The SMILES string of the molecule is CC(C)C(COC(=[P+]([O-])O)P(=O)(O)O)Nc1nc(N(C)c2cccc(Cl)c2)c2ncn(C(C)C)c2n1. The monoisotopic (exact) mass is 558 g/mol. The fraction of sp³-hybridized carbons (Fsp3) is 0.429. The molecule has 1 aromatic carbocycles. The fourth-order valence-corrected chi connectivity index (χ4v) is 4.87. The van der Waals surface area contributed by atoms with Crippen molar-refractivity contribution in [3.05, 3.63) is 35.6 Å². The summed E-state index contributed by atoms with van der Waals surface area (Å²) in [5.41, 5.74) is 1.93. The minimum Gasteiger partial charge on any atom is -0.601 e. The molecule has 0 amide bonds. The number of hydrogen-bond acceptors (Lipinski definition) is 9. The molecule has 0 radical (unpaired) electrons. The first-order valence-electron chi connectivity index (χ1n) is 11.0. The Balaban J connectivity index is 2.03. The molecular formula is C21H29ClN6O6P2. The zero-order valence-electron chi connectivity index (χ0n) is 20.4. The number of rotatable bonds is 10. The topological polar surface area (TPSA) is 169 Å². The quantitative estimate of drug-likeness (QED) is 0.269. The van der Waals surface area contributed by atoms with Crippen molar-refractivity contribution in [3.8, 4) is 0 Å². The van der Waals surface area contributed by atoms with Gasteiger partial charge in [0.2, 0.25) is 5.95 Å². The summed E-state index contributed by atoms with van der Waals surface area (Å²) in [5, 5.41) is 2.54. The van der Waals surface area contributed by atoms with E-state index in [2.05, 4.69) is 20.3 Å². The number of benzene rings is 1. The van der Waals surface area contributed by atoms with Crippen LogP contribution in [0.3, 0.4) is 0 Å². The zero-order chi connectivity index (χ0) is 26.8. The van der Waals surface area contributed by atoms with Crippen LogP contribution in [0.15, 0.2) is 30.6 Å². The van der Waals surface area contributed by atoms with Gasteiger partial charge in [0, 0.05) is 23.8 Å². The van der Waals surface area contributed by atoms with Crippen LogP contribution in [0.5, 0.6) is 0 Å². The lowest BCUT2D eigenvalue weighted by atomic mass is 10.1. The van der Waals surface area contributed by atoms with Crippen LogP contribution in [-0.2, 0) is 9.30 Å². The van der Waals surface area contributed by atoms with E-state index in [1.165, 1.54) is 0 Å². The molecule has 4 N–H and O–H groups in total. The summed E-state index contributed by atoms with van der Waals surface area (Å²) in [6, 6.07) is 6.78. The Bertz CT molecular complexity index is 1310. The van der Waals surface area contributed by atoms with Crippen LogP contribution in [0.4, 0.5) is 17.5 Å². The van der Waals surface area contributed by atoms with Crippen LogP contribution >= 0.6 is 27.2 Å². The van der Waals surface area contributed by atoms with E-state index in [0.717, 1.165) is 5.69 Å². The average Bonchev–Trinajstić information content (AvgIpc) is 3.20. The van der Waals surface area contributed by atoms with E-state index in [0.29, 0.717) is 22.0 Å². The number of halogens is 1. The maximum atomic E-state index is 11.5. The number of imidazole rings is 1. The van der Waals surface area contributed by atoms with Gasteiger partial charge in [0.1, 0.15) is 0 Å². The molecule has 2 aromatic heterocycles. The van der Waals surface area contributed by atoms with E-state index in [9.17, 15) is 24.1 Å². The van der Waals surface area contributed by atoms with E-state index >= 15 is 0 Å². The van der Waals surface area contributed by atoms with Crippen LogP contribution in [0.25, 0.3) is 11.2 Å². The van der Waals surface area contributed by atoms with E-state index in [4.69, 9.17) is 16.3 Å². The van der Waals surface area contributed by atoms with Gasteiger partial charge in [-0.05, 0) is 38.0 Å². The molecule has 0 saturated carbocycles. The molecule has 0 fully saturated rings. The Morgan fingerprint density at radius 2 is 2.00 bits per heavy atom. The second-order valence-corrected chi connectivity index (χ2v) is 12.0. The normalized spacial score (nSPS) is 13.9. The second kappa shape index (κ2) is 11.5. The summed E-state index contributed by atoms with van der Waals surface area (Å²) >= 11 is 6.19. The Morgan fingerprint density at radius 3 is 2.56 bits per heavy atom. The Hall–Kier alpha value is -2.14. The molecular weight excluding hydrogens is 530 g/mol. The van der Waals surface area contributed by atoms with Gasteiger partial charge in [-0.2, -0.15) is 14.9 Å². The minimum atomic E-state index is -5.03. The average molecular weight is 559 g/mol. The molecule has 0 aliphatic heterocycles. The smallest absolute Gasteiger partial charge is 0.425 e. The van der Waals surface area contributed by atoms with Crippen LogP contribution in [-0.4, -0.2) is 59.1 Å². The predicted octanol–water partition coefficient (Wildman–Crippen LogP) is 3.21. The first-order chi connectivity index (χ1) is 16.8. The van der Waals surface area contributed by atoms with E-state index in [-0.39, 0.29) is 24.5 Å². The molecule has 2 heterocycles. The second-order valence-electron chi connectivity index (χ2n) is 8.73. The van der Waals surface area contributed by atoms with Gasteiger partial charge >= 0.3 is 12.8 Å². The maximum absolute atomic E-state index is 11.5. The summed E-state index contributed by atoms with van der Waals surface area (Å²) in [5.74, 6) is 0.610. The maximum Gasteiger partial charge on any atom is 0.425 e. The van der Waals surface area contributed by atoms with Crippen molar-refractivity contribution in [1.82, 2.24) is 19.5 Å². The van der Waals surface area contributed by atoms with Crippen molar-refractivity contribution in [1.29, 1.82) is 0 Å². The molecule has 0 aliphatic rings. The third kappa shape index (κ3) is 6.59. The lowest BCUT2D eigenvalue weighted by Crippen LogP contribution is -2.33. The van der Waals surface area contributed by atoms with E-state index in [1.807, 2.05) is 56.3 Å². The molecule has 12 nitrogen and oxygen atoms in total. The van der Waals surface area contributed by atoms with E-state index in [1.54, 1.807) is 18.5 Å². The molecule has 0 saturated heterocycles. The summed E-state index contributed by atoms with van der Waals surface area (Å²) in [7, 11) is -6.54. The molecule has 3 aromatic rings. The number of nitrogens with one attached hydrogen (secondary N) is 1. The zero-order valence-corrected chi connectivity index (χ0v) is 22.9. The van der Waals surface area contributed by atoms with Crippen LogP contribution < -0.4 is 15.1 Å². The Kier molecular flexibility index (Phi) is 9.08. The van der Waals surface area contributed by atoms with Gasteiger partial charge < -0.3 is 34.2 Å². The largest absolute Gasteiger partial charge is 0.601 e. The highest BCUT2D eigenvalue weighted by Crippen LogP contribution is 2.42. The highest BCUT2D eigenvalue weighted by molar-refractivity contribution is 7.82. The minimum absolute atomic E-state index is 0.0626. The first kappa shape index (κ1) is 28.4. The van der Waals surface area contributed by atoms with Gasteiger partial charge in [0.15, 0.2) is 17.0 Å². The Morgan fingerprint density at radius 1 is 1.31 bits per heavy atom. The number of anilines is 3. The van der Waals surface area contributed by atoms with Crippen LogP contribution in [0.2, 0.25) is 5.02 Å². The van der Waals surface area contributed by atoms with Crippen molar-refractivity contribution >= 4 is 61.0 Å². The summed E-state index contributed by atoms with van der Waals surface area (Å²) in [6.07, 6.45) is 1.69. The van der Waals surface area contributed by atoms with Gasteiger partial charge in [-0.3, -0.25) is 0 Å². The molecule has 0 aliphatic carbocycles. The van der Waals surface area contributed by atoms with Crippen LogP contribution in [0.1, 0.15) is 33.7 Å².